The largest absolute Gasteiger partial charge is 0.378 e. The lowest BCUT2D eigenvalue weighted by atomic mass is 9.94. The minimum absolute atomic E-state index is 0.00546. The summed E-state index contributed by atoms with van der Waals surface area (Å²) >= 11 is 0. The second-order valence-corrected chi connectivity index (χ2v) is 9.75. The molecule has 144 valence electrons. The average molecular weight is 381 g/mol. The number of hydrogen-bond acceptors (Lipinski definition) is 4. The highest BCUT2D eigenvalue weighted by molar-refractivity contribution is 7.86. The van der Waals surface area contributed by atoms with Gasteiger partial charge in [-0.1, -0.05) is 0 Å². The lowest BCUT2D eigenvalue weighted by molar-refractivity contribution is 0.0588. The lowest BCUT2D eigenvalue weighted by Gasteiger charge is -2.36. The molecular weight excluding hydrogens is 352 g/mol. The van der Waals surface area contributed by atoms with Gasteiger partial charge in [-0.15, -0.1) is 0 Å². The molecule has 3 saturated heterocycles. The summed E-state index contributed by atoms with van der Waals surface area (Å²) in [6, 6.07) is 7.51. The van der Waals surface area contributed by atoms with E-state index in [1.54, 1.807) is 14.1 Å². The van der Waals surface area contributed by atoms with Crippen LogP contribution in [-0.2, 0) is 10.2 Å². The number of benzene rings is 1. The van der Waals surface area contributed by atoms with Crippen LogP contribution in [0.25, 0.3) is 0 Å². The van der Waals surface area contributed by atoms with Gasteiger partial charge < -0.3 is 9.80 Å². The van der Waals surface area contributed by atoms with Crippen molar-refractivity contribution in [2.45, 2.75) is 18.9 Å². The molecule has 0 saturated carbocycles. The van der Waals surface area contributed by atoms with Crippen LogP contribution in [-0.4, -0.2) is 81.7 Å². The summed E-state index contributed by atoms with van der Waals surface area (Å²) < 4.78 is 27.9. The first-order chi connectivity index (χ1) is 12.2. The Hall–Kier alpha value is -1.64. The van der Waals surface area contributed by atoms with Crippen LogP contribution in [0.3, 0.4) is 0 Å². The number of amides is 1. The fourth-order valence-electron chi connectivity index (χ4n) is 3.77. The fourth-order valence-corrected chi connectivity index (χ4v) is 5.00. The second kappa shape index (κ2) is 7.17. The summed E-state index contributed by atoms with van der Waals surface area (Å²) in [5.41, 5.74) is 1.70. The third-order valence-corrected chi connectivity index (χ3v) is 7.23. The van der Waals surface area contributed by atoms with Gasteiger partial charge in [-0.25, -0.2) is 0 Å². The summed E-state index contributed by atoms with van der Waals surface area (Å²) in [5.74, 6) is 0.183. The molecule has 2 unspecified atom stereocenters. The molecule has 0 aromatic heterocycles. The number of carbonyl (C=O) groups excluding carboxylic acids is 1. The number of fused-ring (bicyclic) bond motifs is 4. The molecule has 0 radical (unpaired) electrons. The Morgan fingerprint density at radius 2 is 1.65 bits per heavy atom. The molecular formula is C18H28N4O3S. The molecule has 0 spiro atoms. The Kier molecular flexibility index (Phi) is 5.28. The Labute approximate surface area is 156 Å². The number of carbonyl (C=O) groups is 1. The van der Waals surface area contributed by atoms with Crippen molar-refractivity contribution >= 4 is 21.8 Å². The Morgan fingerprint density at radius 1 is 1.00 bits per heavy atom. The molecule has 0 N–H and O–H groups in total. The Bertz CT molecular complexity index is 761. The minimum atomic E-state index is -3.45. The van der Waals surface area contributed by atoms with E-state index in [1.807, 2.05) is 48.2 Å². The van der Waals surface area contributed by atoms with Crippen LogP contribution in [0.15, 0.2) is 24.3 Å². The number of nitrogens with zero attached hydrogens (tertiary/aromatic N) is 4. The van der Waals surface area contributed by atoms with E-state index < -0.39 is 10.2 Å². The summed E-state index contributed by atoms with van der Waals surface area (Å²) in [5, 5.41) is 0. The van der Waals surface area contributed by atoms with E-state index in [4.69, 9.17) is 0 Å². The SMILES string of the molecule is CN(C)c1ccc(C(=O)N2CC3CCC2CN(S(=O)(=O)N(C)C)C3)cc1. The van der Waals surface area contributed by atoms with Crippen molar-refractivity contribution in [3.63, 3.8) is 0 Å². The predicted molar refractivity (Wildman–Crippen MR) is 102 cm³/mol. The first-order valence-corrected chi connectivity index (χ1v) is 10.4. The van der Waals surface area contributed by atoms with Crippen molar-refractivity contribution in [2.24, 2.45) is 5.92 Å². The highest BCUT2D eigenvalue weighted by atomic mass is 32.2. The van der Waals surface area contributed by atoms with Crippen molar-refractivity contribution in [2.75, 3.05) is 52.7 Å². The van der Waals surface area contributed by atoms with Gasteiger partial charge in [0.25, 0.3) is 16.1 Å². The van der Waals surface area contributed by atoms with Crippen LogP contribution in [0.4, 0.5) is 5.69 Å². The van der Waals surface area contributed by atoms with Crippen molar-refractivity contribution in [3.05, 3.63) is 29.8 Å². The summed E-state index contributed by atoms with van der Waals surface area (Å²) in [7, 11) is 3.58. The summed E-state index contributed by atoms with van der Waals surface area (Å²) in [4.78, 5) is 16.9. The third kappa shape index (κ3) is 3.58. The zero-order valence-electron chi connectivity index (χ0n) is 15.9. The molecule has 3 aliphatic rings. The highest BCUT2D eigenvalue weighted by Gasteiger charge is 2.41. The van der Waals surface area contributed by atoms with Gasteiger partial charge in [0.15, 0.2) is 0 Å². The van der Waals surface area contributed by atoms with Crippen LogP contribution in [0, 0.1) is 5.92 Å². The average Bonchev–Trinajstić information content (AvgIpc) is 2.93. The first-order valence-electron chi connectivity index (χ1n) is 8.96. The van der Waals surface area contributed by atoms with Gasteiger partial charge in [0.2, 0.25) is 0 Å². The van der Waals surface area contributed by atoms with Crippen LogP contribution >= 0.6 is 0 Å². The third-order valence-electron chi connectivity index (χ3n) is 5.36. The Balaban J connectivity index is 1.81. The van der Waals surface area contributed by atoms with E-state index in [0.717, 1.165) is 18.5 Å². The van der Waals surface area contributed by atoms with Gasteiger partial charge in [0, 0.05) is 65.1 Å². The lowest BCUT2D eigenvalue weighted by Crippen LogP contribution is -2.48. The maximum atomic E-state index is 13.0. The smallest absolute Gasteiger partial charge is 0.281 e. The molecule has 8 heteroatoms. The molecule has 3 fully saturated rings. The minimum Gasteiger partial charge on any atom is -0.378 e. The van der Waals surface area contributed by atoms with Crippen molar-refractivity contribution in [1.82, 2.24) is 13.5 Å². The van der Waals surface area contributed by atoms with Crippen LogP contribution in [0.1, 0.15) is 23.2 Å². The first kappa shape index (κ1) is 19.1. The topological polar surface area (TPSA) is 64.2 Å². The van der Waals surface area contributed by atoms with Crippen LogP contribution < -0.4 is 4.90 Å². The predicted octanol–water partition coefficient (Wildman–Crippen LogP) is 1.10. The van der Waals surface area contributed by atoms with E-state index in [9.17, 15) is 13.2 Å². The quantitative estimate of drug-likeness (QED) is 0.785. The van der Waals surface area contributed by atoms with E-state index in [1.165, 1.54) is 8.61 Å². The Morgan fingerprint density at radius 3 is 2.23 bits per heavy atom. The zero-order chi connectivity index (χ0) is 19.1. The van der Waals surface area contributed by atoms with Gasteiger partial charge in [-0.3, -0.25) is 4.79 Å². The van der Waals surface area contributed by atoms with Gasteiger partial charge in [0.1, 0.15) is 0 Å². The monoisotopic (exact) mass is 380 g/mol. The number of hydrogen-bond donors (Lipinski definition) is 0. The molecule has 1 amide bonds. The highest BCUT2D eigenvalue weighted by Crippen LogP contribution is 2.31. The molecule has 2 bridgehead atoms. The van der Waals surface area contributed by atoms with E-state index in [2.05, 4.69) is 0 Å². The normalized spacial score (nSPS) is 24.0. The summed E-state index contributed by atoms with van der Waals surface area (Å²) in [6.07, 6.45) is 1.82. The van der Waals surface area contributed by atoms with Gasteiger partial charge in [-0.05, 0) is 43.0 Å². The zero-order valence-corrected chi connectivity index (χ0v) is 16.7. The second-order valence-electron chi connectivity index (χ2n) is 7.60. The van der Waals surface area contributed by atoms with Crippen LogP contribution in [0.5, 0.6) is 0 Å². The van der Waals surface area contributed by atoms with Crippen molar-refractivity contribution in [1.29, 1.82) is 0 Å². The van der Waals surface area contributed by atoms with Crippen molar-refractivity contribution < 1.29 is 13.2 Å². The van der Waals surface area contributed by atoms with Gasteiger partial charge in [-0.2, -0.15) is 17.0 Å². The number of piperidine rings is 1. The van der Waals surface area contributed by atoms with Gasteiger partial charge >= 0.3 is 0 Å². The number of anilines is 1. The molecule has 1 aromatic rings. The summed E-state index contributed by atoms with van der Waals surface area (Å²) in [6.45, 7) is 1.48. The molecule has 3 aliphatic heterocycles. The number of rotatable bonds is 4. The van der Waals surface area contributed by atoms with Crippen molar-refractivity contribution in [3.8, 4) is 0 Å². The molecule has 0 aliphatic carbocycles. The maximum absolute atomic E-state index is 13.0. The molecule has 26 heavy (non-hydrogen) atoms. The molecule has 3 heterocycles. The van der Waals surface area contributed by atoms with E-state index in [-0.39, 0.29) is 17.9 Å². The molecule has 2 atom stereocenters. The molecule has 1 aromatic carbocycles. The van der Waals surface area contributed by atoms with E-state index >= 15 is 0 Å². The molecule has 4 rings (SSSR count). The van der Waals surface area contributed by atoms with Crippen LogP contribution in [0.2, 0.25) is 0 Å². The van der Waals surface area contributed by atoms with Gasteiger partial charge in [0.05, 0.1) is 0 Å². The maximum Gasteiger partial charge on any atom is 0.281 e. The standard InChI is InChI=1S/C18H28N4O3S/c1-19(2)16-9-6-15(7-10-16)18(23)22-12-14-5-8-17(22)13-21(11-14)26(24,25)20(3)4/h6-7,9-10,14,17H,5,8,11-13H2,1-4H3. The molecule has 7 nitrogen and oxygen atoms in total. The van der Waals surface area contributed by atoms with E-state index in [0.29, 0.717) is 25.2 Å². The fraction of sp³-hybridized carbons (Fsp3) is 0.611.